The van der Waals surface area contributed by atoms with Gasteiger partial charge in [-0.3, -0.25) is 10.2 Å². The number of hydrazone groups is 1. The third-order valence-electron chi connectivity index (χ3n) is 5.32. The molecule has 35 heavy (non-hydrogen) atoms. The number of amidine groups is 2. The number of aliphatic imine (C=N–C) groups is 1. The lowest BCUT2D eigenvalue weighted by atomic mass is 10.1. The van der Waals surface area contributed by atoms with Gasteiger partial charge in [-0.25, -0.2) is 0 Å². The van der Waals surface area contributed by atoms with E-state index in [0.717, 1.165) is 28.3 Å². The number of amides is 1. The Morgan fingerprint density at radius 1 is 1.00 bits per heavy atom. The number of carbonyl (C=O) groups excluding carboxylic acids is 1. The minimum atomic E-state index is -0.455. The Morgan fingerprint density at radius 3 is 2.51 bits per heavy atom. The molecule has 182 valence electrons. The molecule has 9 heteroatoms. The zero-order valence-corrected chi connectivity index (χ0v) is 21.1. The molecule has 1 N–H and O–H groups in total. The van der Waals surface area contributed by atoms with Crippen molar-refractivity contribution in [1.29, 1.82) is 5.41 Å². The summed E-state index contributed by atoms with van der Waals surface area (Å²) in [5.41, 5.74) is 3.09. The van der Waals surface area contributed by atoms with Gasteiger partial charge in [-0.2, -0.15) is 15.1 Å². The minimum Gasteiger partial charge on any atom is -0.490 e. The van der Waals surface area contributed by atoms with Gasteiger partial charge in [-0.05, 0) is 79.9 Å². The van der Waals surface area contributed by atoms with Gasteiger partial charge in [0.05, 0.1) is 12.2 Å². The van der Waals surface area contributed by atoms with Crippen LogP contribution in [0.1, 0.15) is 37.0 Å². The normalized spacial score (nSPS) is 16.2. The van der Waals surface area contributed by atoms with Crippen LogP contribution in [0, 0.1) is 19.3 Å². The Kier molecular flexibility index (Phi) is 7.55. The molecule has 0 fully saturated rings. The number of nitrogens with zero attached hydrogens (tertiary/aromatic N) is 3. The lowest BCUT2D eigenvalue weighted by molar-refractivity contribution is -0.114. The molecule has 8 nitrogen and oxygen atoms in total. The maximum Gasteiger partial charge on any atom is 0.283 e. The topological polar surface area (TPSA) is 96.6 Å². The largest absolute Gasteiger partial charge is 0.490 e. The fourth-order valence-electron chi connectivity index (χ4n) is 3.51. The summed E-state index contributed by atoms with van der Waals surface area (Å²) in [5.74, 6) is 1.53. The zero-order chi connectivity index (χ0) is 24.9. The minimum absolute atomic E-state index is 0.0119. The van der Waals surface area contributed by atoms with E-state index in [0.29, 0.717) is 42.1 Å². The maximum absolute atomic E-state index is 12.6. The van der Waals surface area contributed by atoms with Crippen LogP contribution in [-0.2, 0) is 4.79 Å². The van der Waals surface area contributed by atoms with Crippen LogP contribution in [-0.4, -0.2) is 46.8 Å². The molecule has 1 amide bonds. The predicted octanol–water partition coefficient (Wildman–Crippen LogP) is 5.19. The van der Waals surface area contributed by atoms with Gasteiger partial charge in [0.1, 0.15) is 24.0 Å². The number of ether oxygens (including phenoxy) is 3. The molecule has 0 saturated heterocycles. The Morgan fingerprint density at radius 2 is 1.77 bits per heavy atom. The first-order chi connectivity index (χ1) is 16.9. The highest BCUT2D eigenvalue weighted by Gasteiger charge is 2.35. The van der Waals surface area contributed by atoms with Crippen LogP contribution in [0.3, 0.4) is 0 Å². The molecule has 0 unspecified atom stereocenters. The van der Waals surface area contributed by atoms with Crippen LogP contribution >= 0.6 is 11.8 Å². The van der Waals surface area contributed by atoms with Crippen molar-refractivity contribution in [2.75, 3.05) is 19.8 Å². The number of thioether (sulfide) groups is 1. The fraction of sp³-hybridized carbons (Fsp3) is 0.308. The van der Waals surface area contributed by atoms with Gasteiger partial charge in [0.25, 0.3) is 5.91 Å². The number of nitrogens with one attached hydrogen (secondary N) is 1. The molecule has 2 heterocycles. The molecular weight excluding hydrogens is 464 g/mol. The summed E-state index contributed by atoms with van der Waals surface area (Å²) in [6, 6.07) is 11.5. The van der Waals surface area contributed by atoms with Crippen molar-refractivity contribution in [3.05, 3.63) is 58.7 Å². The van der Waals surface area contributed by atoms with Gasteiger partial charge in [0.2, 0.25) is 5.17 Å². The van der Waals surface area contributed by atoms with Gasteiger partial charge in [-0.15, -0.1) is 0 Å². The number of carbonyl (C=O) groups is 1. The number of benzene rings is 2. The molecule has 0 aromatic heterocycles. The van der Waals surface area contributed by atoms with Gasteiger partial charge >= 0.3 is 0 Å². The van der Waals surface area contributed by atoms with Crippen LogP contribution in [0.25, 0.3) is 6.08 Å². The summed E-state index contributed by atoms with van der Waals surface area (Å²) >= 11 is 1.32. The molecule has 2 aromatic carbocycles. The molecule has 0 aliphatic carbocycles. The lowest BCUT2D eigenvalue weighted by Gasteiger charge is -2.20. The van der Waals surface area contributed by atoms with Crippen molar-refractivity contribution in [2.45, 2.75) is 34.1 Å². The van der Waals surface area contributed by atoms with E-state index in [9.17, 15) is 4.79 Å². The second-order valence-electron chi connectivity index (χ2n) is 7.97. The number of rotatable bonds is 9. The molecule has 0 saturated carbocycles. The molecule has 0 radical (unpaired) electrons. The van der Waals surface area contributed by atoms with E-state index in [-0.39, 0.29) is 11.4 Å². The fourth-order valence-corrected chi connectivity index (χ4v) is 4.33. The van der Waals surface area contributed by atoms with Crippen LogP contribution in [0.5, 0.6) is 17.2 Å². The predicted molar refractivity (Wildman–Crippen MR) is 140 cm³/mol. The summed E-state index contributed by atoms with van der Waals surface area (Å²) in [6.07, 6.45) is 2.35. The first-order valence-electron chi connectivity index (χ1n) is 11.5. The lowest BCUT2D eigenvalue weighted by Crippen LogP contribution is -2.35. The second kappa shape index (κ2) is 10.8. The third-order valence-corrected chi connectivity index (χ3v) is 6.37. The molecule has 4 rings (SSSR count). The van der Waals surface area contributed by atoms with Crippen molar-refractivity contribution in [1.82, 2.24) is 5.01 Å². The number of hydrogen-bond donors (Lipinski definition) is 1. The summed E-state index contributed by atoms with van der Waals surface area (Å²) in [5, 5.41) is 15.5. The molecular formula is C26H28N4O4S. The standard InChI is InChI=1S/C26H28N4O4S/c1-5-23-29-30-24(27)19(25(31)28-26(30)35-23)14-18-9-10-20(22(15-18)32-6-2)33-11-12-34-21-13-16(3)7-8-17(21)4/h7-10,13-15,27H,5-6,11-12H2,1-4H3/b19-14+,27-24?. The average Bonchev–Trinajstić information content (AvgIpc) is 3.26. The maximum atomic E-state index is 12.6. The molecule has 2 aliphatic heterocycles. The highest BCUT2D eigenvalue weighted by molar-refractivity contribution is 8.26. The van der Waals surface area contributed by atoms with Crippen molar-refractivity contribution >= 4 is 39.8 Å². The van der Waals surface area contributed by atoms with E-state index in [1.165, 1.54) is 16.8 Å². The van der Waals surface area contributed by atoms with E-state index in [2.05, 4.69) is 16.2 Å². The summed E-state index contributed by atoms with van der Waals surface area (Å²) in [6.45, 7) is 9.10. The summed E-state index contributed by atoms with van der Waals surface area (Å²) < 4.78 is 17.6. The number of hydrogen-bond acceptors (Lipinski definition) is 7. The SMILES string of the molecule is CCOc1cc(/C=C2\C(=N)N3N=C(CC)SC3=NC2=O)ccc1OCCOc1cc(C)ccc1C. The van der Waals surface area contributed by atoms with E-state index < -0.39 is 5.91 Å². The first kappa shape index (κ1) is 24.5. The quantitative estimate of drug-likeness (QED) is 0.382. The zero-order valence-electron chi connectivity index (χ0n) is 20.3. The van der Waals surface area contributed by atoms with Crippen molar-refractivity contribution in [2.24, 2.45) is 10.1 Å². The Balaban J connectivity index is 1.47. The molecule has 2 aromatic rings. The van der Waals surface area contributed by atoms with Gasteiger partial charge in [0.15, 0.2) is 17.3 Å². The van der Waals surface area contributed by atoms with Crippen LogP contribution < -0.4 is 14.2 Å². The third kappa shape index (κ3) is 5.57. The smallest absolute Gasteiger partial charge is 0.283 e. The van der Waals surface area contributed by atoms with Crippen LogP contribution in [0.15, 0.2) is 52.1 Å². The molecule has 0 bridgehead atoms. The van der Waals surface area contributed by atoms with Gasteiger partial charge < -0.3 is 14.2 Å². The van der Waals surface area contributed by atoms with Crippen molar-refractivity contribution < 1.29 is 19.0 Å². The number of fused-ring (bicyclic) bond motifs is 1. The monoisotopic (exact) mass is 492 g/mol. The molecule has 0 spiro atoms. The highest BCUT2D eigenvalue weighted by Crippen LogP contribution is 2.32. The average molecular weight is 493 g/mol. The van der Waals surface area contributed by atoms with Gasteiger partial charge in [-0.1, -0.05) is 25.1 Å². The summed E-state index contributed by atoms with van der Waals surface area (Å²) in [4.78, 5) is 16.7. The van der Waals surface area contributed by atoms with E-state index in [4.69, 9.17) is 19.6 Å². The molecule has 2 aliphatic rings. The molecule has 0 atom stereocenters. The van der Waals surface area contributed by atoms with E-state index >= 15 is 0 Å². The van der Waals surface area contributed by atoms with Crippen molar-refractivity contribution in [3.8, 4) is 17.2 Å². The Bertz CT molecular complexity index is 1250. The van der Waals surface area contributed by atoms with Gasteiger partial charge in [0, 0.05) is 0 Å². The van der Waals surface area contributed by atoms with E-state index in [1.807, 2.05) is 45.9 Å². The van der Waals surface area contributed by atoms with Crippen LogP contribution in [0.2, 0.25) is 0 Å². The van der Waals surface area contributed by atoms with Crippen LogP contribution in [0.4, 0.5) is 0 Å². The second-order valence-corrected chi connectivity index (χ2v) is 9.01. The Hall–Kier alpha value is -3.59. The highest BCUT2D eigenvalue weighted by atomic mass is 32.2. The Labute approximate surface area is 209 Å². The van der Waals surface area contributed by atoms with Crippen molar-refractivity contribution in [3.63, 3.8) is 0 Å². The first-order valence-corrected chi connectivity index (χ1v) is 12.3. The number of aryl methyl sites for hydroxylation is 2. The summed E-state index contributed by atoms with van der Waals surface area (Å²) in [7, 11) is 0. The van der Waals surface area contributed by atoms with E-state index in [1.54, 1.807) is 18.2 Å².